The first kappa shape index (κ1) is 15.1. The zero-order valence-electron chi connectivity index (χ0n) is 13.2. The van der Waals surface area contributed by atoms with Gasteiger partial charge in [0.15, 0.2) is 8.24 Å². The molecular formula is C16H24BNOSi. The number of hydrogen-bond donors (Lipinski definition) is 0. The highest BCUT2D eigenvalue weighted by Crippen LogP contribution is 2.37. The molecule has 1 aliphatic rings. The molecule has 0 radical (unpaired) electrons. The van der Waals surface area contributed by atoms with Crippen LogP contribution in [0.1, 0.15) is 37.6 Å². The van der Waals surface area contributed by atoms with E-state index in [1.807, 2.05) is 30.3 Å². The number of nitrogens with zero attached hydrogens (tertiary/aromatic N) is 1. The molecule has 0 unspecified atom stereocenters. The molecule has 0 spiro atoms. The minimum absolute atomic E-state index is 0.205. The summed E-state index contributed by atoms with van der Waals surface area (Å²) in [6, 6.07) is 9.71. The Morgan fingerprint density at radius 3 is 2.30 bits per heavy atom. The van der Waals surface area contributed by atoms with E-state index < -0.39 is 8.24 Å². The van der Waals surface area contributed by atoms with E-state index in [9.17, 15) is 4.79 Å². The second kappa shape index (κ2) is 5.60. The lowest BCUT2D eigenvalue weighted by atomic mass is 9.52. The molecule has 106 valence electrons. The molecule has 0 aromatic heterocycles. The van der Waals surface area contributed by atoms with Crippen LogP contribution < -0.4 is 0 Å². The average molecular weight is 285 g/mol. The van der Waals surface area contributed by atoms with E-state index in [1.165, 1.54) is 10.7 Å². The van der Waals surface area contributed by atoms with Gasteiger partial charge in [-0.25, -0.2) is 0 Å². The number of carbonyl (C=O) groups excluding carboxylic acids is 1. The fourth-order valence-electron chi connectivity index (χ4n) is 3.41. The molecule has 0 saturated heterocycles. The summed E-state index contributed by atoms with van der Waals surface area (Å²) in [7, 11) is -1.82. The quantitative estimate of drug-likeness (QED) is 0.763. The molecule has 20 heavy (non-hydrogen) atoms. The largest absolute Gasteiger partial charge is 0.402 e. The molecule has 2 rings (SSSR count). The second-order valence-corrected chi connectivity index (χ2v) is 10.4. The molecule has 1 aromatic rings. The van der Waals surface area contributed by atoms with Gasteiger partial charge < -0.3 is 4.48 Å². The number of benzene rings is 1. The molecule has 1 amide bonds. The standard InChI is InChI=1S/C16H24BNOSi/c1-6-15-13(3)20(4,5)18(17(15)7-2)16(19)14-11-9-8-10-12-14/h8-12H,6-7H2,1-5H3. The highest BCUT2D eigenvalue weighted by atomic mass is 28.3. The Morgan fingerprint density at radius 2 is 1.80 bits per heavy atom. The van der Waals surface area contributed by atoms with Gasteiger partial charge in [0.1, 0.15) is 0 Å². The van der Waals surface area contributed by atoms with Crippen LogP contribution in [0.3, 0.4) is 0 Å². The van der Waals surface area contributed by atoms with Crippen LogP contribution in [0.5, 0.6) is 0 Å². The van der Waals surface area contributed by atoms with Crippen molar-refractivity contribution < 1.29 is 4.79 Å². The Balaban J connectivity index is 2.44. The summed E-state index contributed by atoms with van der Waals surface area (Å²) in [5.74, 6) is 0.205. The van der Waals surface area contributed by atoms with E-state index in [0.717, 1.165) is 18.3 Å². The predicted molar refractivity (Wildman–Crippen MR) is 89.3 cm³/mol. The molecule has 1 aliphatic heterocycles. The molecule has 2 nitrogen and oxygen atoms in total. The van der Waals surface area contributed by atoms with Gasteiger partial charge in [0.2, 0.25) is 5.91 Å². The number of carbonyl (C=O) groups is 1. The topological polar surface area (TPSA) is 20.3 Å². The van der Waals surface area contributed by atoms with Crippen LogP contribution in [0.2, 0.25) is 19.4 Å². The Hall–Kier alpha value is -1.29. The minimum Gasteiger partial charge on any atom is -0.402 e. The smallest absolute Gasteiger partial charge is 0.278 e. The van der Waals surface area contributed by atoms with Crippen molar-refractivity contribution in [3.05, 3.63) is 46.6 Å². The fraction of sp³-hybridized carbons (Fsp3) is 0.438. The summed E-state index contributed by atoms with van der Waals surface area (Å²) in [6.07, 6.45) is 2.06. The highest BCUT2D eigenvalue weighted by molar-refractivity contribution is 6.98. The Labute approximate surface area is 124 Å². The third-order valence-electron chi connectivity index (χ3n) is 4.72. The SMILES string of the molecule is CCB1C(CC)=C(C)[Si](C)(C)N1C(=O)c1ccccc1. The van der Waals surface area contributed by atoms with Gasteiger partial charge in [-0.15, -0.1) is 0 Å². The van der Waals surface area contributed by atoms with E-state index in [0.29, 0.717) is 6.85 Å². The van der Waals surface area contributed by atoms with Gasteiger partial charge in [-0.3, -0.25) is 4.79 Å². The Bertz CT molecular complexity index is 539. The van der Waals surface area contributed by atoms with Crippen molar-refractivity contribution >= 4 is 21.0 Å². The average Bonchev–Trinajstić information content (AvgIpc) is 2.65. The van der Waals surface area contributed by atoms with Crippen molar-refractivity contribution in [2.24, 2.45) is 0 Å². The molecule has 0 fully saturated rings. The van der Waals surface area contributed by atoms with Crippen molar-refractivity contribution in [1.29, 1.82) is 0 Å². The van der Waals surface area contributed by atoms with Crippen LogP contribution >= 0.6 is 0 Å². The second-order valence-electron chi connectivity index (χ2n) is 6.03. The number of hydrogen-bond acceptors (Lipinski definition) is 1. The zero-order chi connectivity index (χ0) is 14.9. The molecule has 1 aromatic carbocycles. The third-order valence-corrected chi connectivity index (χ3v) is 8.60. The van der Waals surface area contributed by atoms with Crippen LogP contribution in [0, 0.1) is 0 Å². The molecule has 0 aliphatic carbocycles. The maximum absolute atomic E-state index is 13.0. The van der Waals surface area contributed by atoms with Crippen molar-refractivity contribution in [2.45, 2.75) is 46.6 Å². The van der Waals surface area contributed by atoms with Crippen LogP contribution in [0.4, 0.5) is 0 Å². The predicted octanol–water partition coefficient (Wildman–Crippen LogP) is 4.16. The first-order valence-electron chi connectivity index (χ1n) is 7.53. The van der Waals surface area contributed by atoms with E-state index in [-0.39, 0.29) is 5.91 Å². The van der Waals surface area contributed by atoms with Gasteiger partial charge >= 0.3 is 0 Å². The summed E-state index contributed by atoms with van der Waals surface area (Å²) in [4.78, 5) is 13.0. The maximum atomic E-state index is 13.0. The van der Waals surface area contributed by atoms with Crippen molar-refractivity contribution in [2.75, 3.05) is 0 Å². The molecule has 1 heterocycles. The number of amides is 1. The lowest BCUT2D eigenvalue weighted by Gasteiger charge is -2.36. The molecule has 0 saturated carbocycles. The lowest BCUT2D eigenvalue weighted by molar-refractivity contribution is 0.0912. The monoisotopic (exact) mass is 285 g/mol. The molecule has 0 bridgehead atoms. The summed E-state index contributed by atoms with van der Waals surface area (Å²) in [5, 5.41) is 1.50. The summed E-state index contributed by atoms with van der Waals surface area (Å²) in [6.45, 7) is 11.5. The summed E-state index contributed by atoms with van der Waals surface area (Å²) in [5.41, 5.74) is 2.31. The van der Waals surface area contributed by atoms with Crippen molar-refractivity contribution in [3.8, 4) is 0 Å². The van der Waals surface area contributed by atoms with E-state index in [2.05, 4.69) is 38.3 Å². The number of rotatable bonds is 3. The zero-order valence-corrected chi connectivity index (χ0v) is 14.2. The first-order valence-corrected chi connectivity index (χ1v) is 10.5. The van der Waals surface area contributed by atoms with Gasteiger partial charge in [-0.2, -0.15) is 0 Å². The van der Waals surface area contributed by atoms with Gasteiger partial charge in [0, 0.05) is 5.56 Å². The Morgan fingerprint density at radius 1 is 1.20 bits per heavy atom. The van der Waals surface area contributed by atoms with Crippen LogP contribution in [-0.4, -0.2) is 25.5 Å². The molecule has 0 N–H and O–H groups in total. The number of allylic oxidation sites excluding steroid dienone is 2. The van der Waals surface area contributed by atoms with Gasteiger partial charge in [-0.1, -0.05) is 49.0 Å². The Kier molecular flexibility index (Phi) is 4.23. The normalized spacial score (nSPS) is 17.9. The molecular weight excluding hydrogens is 261 g/mol. The van der Waals surface area contributed by atoms with Crippen LogP contribution in [0.25, 0.3) is 0 Å². The summed E-state index contributed by atoms with van der Waals surface area (Å²) < 4.78 is 2.22. The maximum Gasteiger partial charge on any atom is 0.278 e. The summed E-state index contributed by atoms with van der Waals surface area (Å²) >= 11 is 0. The molecule has 0 atom stereocenters. The van der Waals surface area contributed by atoms with E-state index in [1.54, 1.807) is 0 Å². The molecule has 4 heteroatoms. The van der Waals surface area contributed by atoms with Crippen molar-refractivity contribution in [3.63, 3.8) is 0 Å². The van der Waals surface area contributed by atoms with Crippen LogP contribution in [0.15, 0.2) is 41.0 Å². The minimum atomic E-state index is -1.82. The van der Waals surface area contributed by atoms with Gasteiger partial charge in [-0.05, 0) is 38.6 Å². The lowest BCUT2D eigenvalue weighted by Crippen LogP contribution is -2.55. The van der Waals surface area contributed by atoms with E-state index in [4.69, 9.17) is 0 Å². The van der Waals surface area contributed by atoms with E-state index >= 15 is 0 Å². The first-order chi connectivity index (χ1) is 9.45. The van der Waals surface area contributed by atoms with Crippen molar-refractivity contribution in [1.82, 2.24) is 4.48 Å². The van der Waals surface area contributed by atoms with Gasteiger partial charge in [0.05, 0.1) is 0 Å². The van der Waals surface area contributed by atoms with Gasteiger partial charge in [0.25, 0.3) is 6.85 Å². The highest BCUT2D eigenvalue weighted by Gasteiger charge is 2.48. The fourth-order valence-corrected chi connectivity index (χ4v) is 6.66. The third kappa shape index (κ3) is 2.26. The van der Waals surface area contributed by atoms with Crippen LogP contribution in [-0.2, 0) is 0 Å².